The molecule has 4 heteroatoms. The van der Waals surface area contributed by atoms with E-state index in [1.807, 2.05) is 12.1 Å². The van der Waals surface area contributed by atoms with Crippen molar-refractivity contribution in [1.29, 1.82) is 0 Å². The smallest absolute Gasteiger partial charge is 0.129 e. The molecule has 2 heterocycles. The molecule has 1 aliphatic heterocycles. The summed E-state index contributed by atoms with van der Waals surface area (Å²) in [7, 11) is 0. The summed E-state index contributed by atoms with van der Waals surface area (Å²) < 4.78 is 18.7. The lowest BCUT2D eigenvalue weighted by Gasteiger charge is -2.17. The van der Waals surface area contributed by atoms with E-state index in [-0.39, 0.29) is 12.4 Å². The number of furan rings is 1. The number of aliphatic hydroxyl groups excluding tert-OH is 1. The molecule has 18 heavy (non-hydrogen) atoms. The Hall–Kier alpha value is -1.81. The Balaban J connectivity index is 1.81. The van der Waals surface area contributed by atoms with E-state index in [0.717, 1.165) is 24.4 Å². The van der Waals surface area contributed by atoms with Crippen LogP contribution in [-0.2, 0) is 19.6 Å². The van der Waals surface area contributed by atoms with Gasteiger partial charge in [-0.25, -0.2) is 4.39 Å². The first-order chi connectivity index (χ1) is 8.76. The van der Waals surface area contributed by atoms with Crippen molar-refractivity contribution in [2.45, 2.75) is 19.6 Å². The zero-order valence-electron chi connectivity index (χ0n) is 9.90. The van der Waals surface area contributed by atoms with E-state index in [4.69, 9.17) is 9.52 Å². The molecule has 2 aromatic rings. The first-order valence-electron chi connectivity index (χ1n) is 5.98. The van der Waals surface area contributed by atoms with E-state index in [1.54, 1.807) is 12.1 Å². The first-order valence-corrected chi connectivity index (χ1v) is 5.98. The van der Waals surface area contributed by atoms with Gasteiger partial charge in [0.2, 0.25) is 0 Å². The number of anilines is 1. The molecule has 94 valence electrons. The fourth-order valence-corrected chi connectivity index (χ4v) is 2.36. The molecule has 1 aromatic carbocycles. The third kappa shape index (κ3) is 1.99. The maximum Gasteiger partial charge on any atom is 0.129 e. The number of hydrogen-bond acceptors (Lipinski definition) is 3. The van der Waals surface area contributed by atoms with Crippen molar-refractivity contribution in [2.24, 2.45) is 0 Å². The topological polar surface area (TPSA) is 36.6 Å². The minimum Gasteiger partial charge on any atom is -0.462 e. The minimum absolute atomic E-state index is 0.0920. The molecule has 0 unspecified atom stereocenters. The lowest BCUT2D eigenvalue weighted by molar-refractivity contribution is 0.243. The van der Waals surface area contributed by atoms with Crippen LogP contribution in [0.2, 0.25) is 0 Å². The van der Waals surface area contributed by atoms with Crippen LogP contribution in [-0.4, -0.2) is 11.7 Å². The monoisotopic (exact) mass is 247 g/mol. The molecule has 0 fully saturated rings. The Labute approximate surface area is 104 Å². The SMILES string of the molecule is OCc1ccc(CN2CCc3ccc(F)cc32)o1. The summed E-state index contributed by atoms with van der Waals surface area (Å²) in [6.45, 7) is 1.38. The Bertz CT molecular complexity index is 565. The summed E-state index contributed by atoms with van der Waals surface area (Å²) in [5, 5.41) is 8.95. The van der Waals surface area contributed by atoms with Gasteiger partial charge in [-0.15, -0.1) is 0 Å². The molecule has 0 saturated heterocycles. The van der Waals surface area contributed by atoms with Crippen LogP contribution in [0, 0.1) is 5.82 Å². The van der Waals surface area contributed by atoms with Gasteiger partial charge in [-0.1, -0.05) is 6.07 Å². The Morgan fingerprint density at radius 2 is 2.06 bits per heavy atom. The maximum atomic E-state index is 13.2. The van der Waals surface area contributed by atoms with Gasteiger partial charge >= 0.3 is 0 Å². The van der Waals surface area contributed by atoms with E-state index < -0.39 is 0 Å². The van der Waals surface area contributed by atoms with Crippen molar-refractivity contribution in [3.05, 3.63) is 53.2 Å². The van der Waals surface area contributed by atoms with Crippen LogP contribution < -0.4 is 4.90 Å². The summed E-state index contributed by atoms with van der Waals surface area (Å²) in [4.78, 5) is 2.10. The van der Waals surface area contributed by atoms with Crippen LogP contribution >= 0.6 is 0 Å². The van der Waals surface area contributed by atoms with Gasteiger partial charge in [0.15, 0.2) is 0 Å². The highest BCUT2D eigenvalue weighted by atomic mass is 19.1. The molecule has 0 atom stereocenters. The van der Waals surface area contributed by atoms with Crippen LogP contribution in [0.3, 0.4) is 0 Å². The number of fused-ring (bicyclic) bond motifs is 1. The fraction of sp³-hybridized carbons (Fsp3) is 0.286. The zero-order valence-corrected chi connectivity index (χ0v) is 9.90. The van der Waals surface area contributed by atoms with E-state index in [1.165, 1.54) is 11.6 Å². The summed E-state index contributed by atoms with van der Waals surface area (Å²) in [5.74, 6) is 1.14. The van der Waals surface area contributed by atoms with Crippen LogP contribution in [0.25, 0.3) is 0 Å². The van der Waals surface area contributed by atoms with E-state index in [9.17, 15) is 4.39 Å². The molecule has 3 nitrogen and oxygen atoms in total. The highest BCUT2D eigenvalue weighted by molar-refractivity contribution is 5.58. The number of nitrogens with zero attached hydrogens (tertiary/aromatic N) is 1. The van der Waals surface area contributed by atoms with E-state index >= 15 is 0 Å². The molecule has 0 spiro atoms. The van der Waals surface area contributed by atoms with Crippen molar-refractivity contribution < 1.29 is 13.9 Å². The second-order valence-electron chi connectivity index (χ2n) is 4.47. The highest BCUT2D eigenvalue weighted by Gasteiger charge is 2.20. The molecule has 1 aromatic heterocycles. The highest BCUT2D eigenvalue weighted by Crippen LogP contribution is 2.30. The van der Waals surface area contributed by atoms with Gasteiger partial charge in [0.05, 0.1) is 6.54 Å². The van der Waals surface area contributed by atoms with Crippen LogP contribution in [0.15, 0.2) is 34.7 Å². The summed E-state index contributed by atoms with van der Waals surface area (Å²) in [6, 6.07) is 8.52. The quantitative estimate of drug-likeness (QED) is 0.905. The van der Waals surface area contributed by atoms with Crippen molar-refractivity contribution >= 4 is 5.69 Å². The molecule has 3 rings (SSSR count). The Morgan fingerprint density at radius 3 is 2.83 bits per heavy atom. The van der Waals surface area contributed by atoms with Crippen molar-refractivity contribution in [1.82, 2.24) is 0 Å². The maximum absolute atomic E-state index is 13.2. The number of hydrogen-bond donors (Lipinski definition) is 1. The molecular formula is C14H14FNO2. The van der Waals surface area contributed by atoms with Crippen LogP contribution in [0.5, 0.6) is 0 Å². The zero-order chi connectivity index (χ0) is 12.5. The predicted octanol–water partition coefficient (Wildman–Crippen LogP) is 2.47. The molecule has 0 bridgehead atoms. The molecule has 0 saturated carbocycles. The third-order valence-corrected chi connectivity index (χ3v) is 3.26. The van der Waals surface area contributed by atoms with E-state index in [0.29, 0.717) is 12.3 Å². The molecule has 1 aliphatic rings. The normalized spacial score (nSPS) is 14.0. The van der Waals surface area contributed by atoms with Gasteiger partial charge in [0, 0.05) is 12.2 Å². The average Bonchev–Trinajstić information content (AvgIpc) is 2.97. The van der Waals surface area contributed by atoms with Gasteiger partial charge in [0.1, 0.15) is 23.9 Å². The van der Waals surface area contributed by atoms with Crippen molar-refractivity contribution in [2.75, 3.05) is 11.4 Å². The lowest BCUT2D eigenvalue weighted by Crippen LogP contribution is -2.19. The summed E-state index contributed by atoms with van der Waals surface area (Å²) >= 11 is 0. The molecule has 0 aliphatic carbocycles. The number of rotatable bonds is 3. The second kappa shape index (κ2) is 4.46. The average molecular weight is 247 g/mol. The number of benzene rings is 1. The fourth-order valence-electron chi connectivity index (χ4n) is 2.36. The molecular weight excluding hydrogens is 233 g/mol. The van der Waals surface area contributed by atoms with Gasteiger partial charge in [-0.2, -0.15) is 0 Å². The minimum atomic E-state index is -0.212. The standard InChI is InChI=1S/C14H14FNO2/c15-11-2-1-10-5-6-16(14(10)7-11)8-12-3-4-13(9-17)18-12/h1-4,7,17H,5-6,8-9H2. The van der Waals surface area contributed by atoms with Gasteiger partial charge in [-0.05, 0) is 36.2 Å². The summed E-state index contributed by atoms with van der Waals surface area (Å²) in [6.07, 6.45) is 0.934. The third-order valence-electron chi connectivity index (χ3n) is 3.26. The van der Waals surface area contributed by atoms with E-state index in [2.05, 4.69) is 4.90 Å². The number of aliphatic hydroxyl groups is 1. The number of halogens is 1. The van der Waals surface area contributed by atoms with Gasteiger partial charge in [-0.3, -0.25) is 0 Å². The van der Waals surface area contributed by atoms with Gasteiger partial charge in [0.25, 0.3) is 0 Å². The van der Waals surface area contributed by atoms with Crippen molar-refractivity contribution in [3.63, 3.8) is 0 Å². The van der Waals surface area contributed by atoms with Crippen LogP contribution in [0.4, 0.5) is 10.1 Å². The second-order valence-corrected chi connectivity index (χ2v) is 4.47. The largest absolute Gasteiger partial charge is 0.462 e. The first kappa shape index (κ1) is 11.3. The predicted molar refractivity (Wildman–Crippen MR) is 65.8 cm³/mol. The van der Waals surface area contributed by atoms with Crippen LogP contribution in [0.1, 0.15) is 17.1 Å². The summed E-state index contributed by atoms with van der Waals surface area (Å²) in [5.41, 5.74) is 2.11. The Morgan fingerprint density at radius 1 is 1.22 bits per heavy atom. The molecule has 0 radical (unpaired) electrons. The Kier molecular flexibility index (Phi) is 2.80. The van der Waals surface area contributed by atoms with Crippen molar-refractivity contribution in [3.8, 4) is 0 Å². The molecule has 0 amide bonds. The molecule has 1 N–H and O–H groups in total. The lowest BCUT2D eigenvalue weighted by atomic mass is 10.2. The van der Waals surface area contributed by atoms with Gasteiger partial charge < -0.3 is 14.4 Å².